The predicted molar refractivity (Wildman–Crippen MR) is 96.9 cm³/mol. The van der Waals surface area contributed by atoms with E-state index in [1.807, 2.05) is 6.92 Å². The van der Waals surface area contributed by atoms with Crippen LogP contribution in [-0.2, 0) is 4.79 Å². The summed E-state index contributed by atoms with van der Waals surface area (Å²) in [7, 11) is 2.13. The fourth-order valence-electron chi connectivity index (χ4n) is 3.12. The van der Waals surface area contributed by atoms with Crippen molar-refractivity contribution in [3.63, 3.8) is 0 Å². The Morgan fingerprint density at radius 1 is 1.17 bits per heavy atom. The van der Waals surface area contributed by atoms with Crippen LogP contribution in [0.2, 0.25) is 0 Å². The molecule has 0 bridgehead atoms. The third kappa shape index (κ3) is 3.57. The van der Waals surface area contributed by atoms with Gasteiger partial charge in [0.15, 0.2) is 0 Å². The zero-order valence-electron chi connectivity index (χ0n) is 14.1. The van der Waals surface area contributed by atoms with E-state index in [0.29, 0.717) is 0 Å². The first-order chi connectivity index (χ1) is 11.1. The summed E-state index contributed by atoms with van der Waals surface area (Å²) in [5.41, 5.74) is 1.21. The SMILES string of the molecule is C[C@@H](NC(=O)[C@H](C)N1CCN(C)CC1)c1csc2ccccc12. The highest BCUT2D eigenvalue weighted by Gasteiger charge is 2.25. The molecular formula is C18H25N3OS. The summed E-state index contributed by atoms with van der Waals surface area (Å²) in [6, 6.07) is 8.34. The van der Waals surface area contributed by atoms with E-state index in [4.69, 9.17) is 0 Å². The monoisotopic (exact) mass is 331 g/mol. The lowest BCUT2D eigenvalue weighted by molar-refractivity contribution is -0.127. The normalized spacial score (nSPS) is 19.6. The topological polar surface area (TPSA) is 35.6 Å². The lowest BCUT2D eigenvalue weighted by atomic mass is 10.1. The minimum atomic E-state index is -0.0731. The number of carbonyl (C=O) groups is 1. The molecule has 23 heavy (non-hydrogen) atoms. The third-order valence-corrected chi connectivity index (χ3v) is 5.78. The number of thiophene rings is 1. The molecule has 0 aliphatic carbocycles. The van der Waals surface area contributed by atoms with Crippen LogP contribution in [0.15, 0.2) is 29.6 Å². The number of rotatable bonds is 4. The molecule has 1 aromatic carbocycles. The quantitative estimate of drug-likeness (QED) is 0.936. The number of carbonyl (C=O) groups excluding carboxylic acids is 1. The van der Waals surface area contributed by atoms with Gasteiger partial charge in [-0.25, -0.2) is 0 Å². The summed E-state index contributed by atoms with van der Waals surface area (Å²) >= 11 is 1.74. The fraction of sp³-hybridized carbons (Fsp3) is 0.500. The van der Waals surface area contributed by atoms with Crippen LogP contribution in [0.1, 0.15) is 25.5 Å². The summed E-state index contributed by atoms with van der Waals surface area (Å²) < 4.78 is 1.27. The molecule has 1 saturated heterocycles. The second-order valence-electron chi connectivity index (χ2n) is 6.43. The van der Waals surface area contributed by atoms with Crippen LogP contribution < -0.4 is 5.32 Å². The molecule has 124 valence electrons. The van der Waals surface area contributed by atoms with Gasteiger partial charge in [0.2, 0.25) is 5.91 Å². The molecule has 0 radical (unpaired) electrons. The van der Waals surface area contributed by atoms with Gasteiger partial charge >= 0.3 is 0 Å². The number of likely N-dealkylation sites (N-methyl/N-ethyl adjacent to an activating group) is 1. The first kappa shape index (κ1) is 16.4. The molecule has 0 spiro atoms. The summed E-state index contributed by atoms with van der Waals surface area (Å²) in [6.07, 6.45) is 0. The molecule has 0 unspecified atom stereocenters. The predicted octanol–water partition coefficient (Wildman–Crippen LogP) is 2.71. The van der Waals surface area contributed by atoms with Crippen LogP contribution in [0.25, 0.3) is 10.1 Å². The molecule has 2 aromatic rings. The van der Waals surface area contributed by atoms with Crippen LogP contribution in [0.4, 0.5) is 0 Å². The van der Waals surface area contributed by atoms with E-state index < -0.39 is 0 Å². The van der Waals surface area contributed by atoms with E-state index in [2.05, 4.69) is 58.7 Å². The van der Waals surface area contributed by atoms with Gasteiger partial charge in [0.05, 0.1) is 12.1 Å². The van der Waals surface area contributed by atoms with Crippen molar-refractivity contribution in [2.75, 3.05) is 33.2 Å². The van der Waals surface area contributed by atoms with Gasteiger partial charge in [-0.15, -0.1) is 11.3 Å². The van der Waals surface area contributed by atoms with Crippen molar-refractivity contribution in [1.29, 1.82) is 0 Å². The average molecular weight is 331 g/mol. The molecule has 2 atom stereocenters. The molecular weight excluding hydrogens is 306 g/mol. The second-order valence-corrected chi connectivity index (χ2v) is 7.34. The largest absolute Gasteiger partial charge is 0.348 e. The van der Waals surface area contributed by atoms with Crippen molar-refractivity contribution in [2.45, 2.75) is 25.9 Å². The van der Waals surface area contributed by atoms with Crippen LogP contribution >= 0.6 is 11.3 Å². The van der Waals surface area contributed by atoms with Crippen molar-refractivity contribution in [3.8, 4) is 0 Å². The number of benzene rings is 1. The van der Waals surface area contributed by atoms with Gasteiger partial charge in [0, 0.05) is 30.9 Å². The molecule has 1 aromatic heterocycles. The molecule has 1 amide bonds. The molecule has 1 fully saturated rings. The van der Waals surface area contributed by atoms with Gasteiger partial charge in [-0.1, -0.05) is 18.2 Å². The van der Waals surface area contributed by atoms with Crippen molar-refractivity contribution < 1.29 is 4.79 Å². The van der Waals surface area contributed by atoms with Crippen molar-refractivity contribution in [3.05, 3.63) is 35.2 Å². The lowest BCUT2D eigenvalue weighted by Crippen LogP contribution is -2.53. The molecule has 4 nitrogen and oxygen atoms in total. The minimum absolute atomic E-state index is 0.0357. The number of nitrogens with one attached hydrogen (secondary N) is 1. The number of hydrogen-bond donors (Lipinski definition) is 1. The number of nitrogens with zero attached hydrogens (tertiary/aromatic N) is 2. The molecule has 1 N–H and O–H groups in total. The van der Waals surface area contributed by atoms with Crippen LogP contribution in [0.5, 0.6) is 0 Å². The summed E-state index contributed by atoms with van der Waals surface area (Å²) in [6.45, 7) is 8.06. The molecule has 5 heteroatoms. The molecule has 3 rings (SSSR count). The van der Waals surface area contributed by atoms with Gasteiger partial charge in [-0.2, -0.15) is 0 Å². The highest BCUT2D eigenvalue weighted by molar-refractivity contribution is 7.17. The molecule has 2 heterocycles. The third-order valence-electron chi connectivity index (χ3n) is 4.80. The number of amides is 1. The summed E-state index contributed by atoms with van der Waals surface area (Å²) in [4.78, 5) is 17.2. The van der Waals surface area contributed by atoms with Crippen LogP contribution in [0, 0.1) is 0 Å². The zero-order chi connectivity index (χ0) is 16.4. The lowest BCUT2D eigenvalue weighted by Gasteiger charge is -2.36. The Hall–Kier alpha value is -1.43. The first-order valence-electron chi connectivity index (χ1n) is 8.25. The van der Waals surface area contributed by atoms with E-state index in [0.717, 1.165) is 26.2 Å². The van der Waals surface area contributed by atoms with Gasteiger partial charge in [0.25, 0.3) is 0 Å². The summed E-state index contributed by atoms with van der Waals surface area (Å²) in [5, 5.41) is 6.61. The van der Waals surface area contributed by atoms with Crippen LogP contribution in [-0.4, -0.2) is 55.0 Å². The number of piperazine rings is 1. The first-order valence-corrected chi connectivity index (χ1v) is 9.13. The van der Waals surface area contributed by atoms with E-state index in [1.54, 1.807) is 11.3 Å². The molecule has 1 aliphatic rings. The van der Waals surface area contributed by atoms with E-state index >= 15 is 0 Å². The van der Waals surface area contributed by atoms with E-state index in [9.17, 15) is 4.79 Å². The van der Waals surface area contributed by atoms with Gasteiger partial charge < -0.3 is 10.2 Å². The smallest absolute Gasteiger partial charge is 0.237 e. The Morgan fingerprint density at radius 3 is 2.61 bits per heavy atom. The average Bonchev–Trinajstić information content (AvgIpc) is 2.99. The zero-order valence-corrected chi connectivity index (χ0v) is 14.9. The Morgan fingerprint density at radius 2 is 1.87 bits per heavy atom. The Balaban J connectivity index is 1.65. The van der Waals surface area contributed by atoms with E-state index in [1.165, 1.54) is 15.6 Å². The highest BCUT2D eigenvalue weighted by atomic mass is 32.1. The van der Waals surface area contributed by atoms with Crippen molar-refractivity contribution in [2.24, 2.45) is 0 Å². The second kappa shape index (κ2) is 6.99. The van der Waals surface area contributed by atoms with Gasteiger partial charge in [-0.05, 0) is 43.3 Å². The maximum absolute atomic E-state index is 12.6. The van der Waals surface area contributed by atoms with Crippen LogP contribution in [0.3, 0.4) is 0 Å². The van der Waals surface area contributed by atoms with E-state index in [-0.39, 0.29) is 18.0 Å². The Bertz CT molecular complexity index is 676. The molecule has 1 aliphatic heterocycles. The maximum atomic E-state index is 12.6. The Labute approximate surface area is 142 Å². The minimum Gasteiger partial charge on any atom is -0.348 e. The Kier molecular flexibility index (Phi) is 4.99. The number of fused-ring (bicyclic) bond motifs is 1. The molecule has 0 saturated carbocycles. The fourth-order valence-corrected chi connectivity index (χ4v) is 4.18. The highest BCUT2D eigenvalue weighted by Crippen LogP contribution is 2.30. The summed E-state index contributed by atoms with van der Waals surface area (Å²) in [5.74, 6) is 0.123. The van der Waals surface area contributed by atoms with Crippen molar-refractivity contribution >= 4 is 27.3 Å². The maximum Gasteiger partial charge on any atom is 0.237 e. The number of hydrogen-bond acceptors (Lipinski definition) is 4. The standard InChI is InChI=1S/C18H25N3OS/c1-13(16-12-23-17-7-5-4-6-15(16)17)19-18(22)14(2)21-10-8-20(3)9-11-21/h4-7,12-14H,8-11H2,1-3H3,(H,19,22)/t13-,14+/m1/s1. The van der Waals surface area contributed by atoms with Gasteiger partial charge in [0.1, 0.15) is 0 Å². The van der Waals surface area contributed by atoms with Crippen molar-refractivity contribution in [1.82, 2.24) is 15.1 Å². The van der Waals surface area contributed by atoms with Gasteiger partial charge in [-0.3, -0.25) is 9.69 Å².